The van der Waals surface area contributed by atoms with E-state index in [1.165, 1.54) is 23.5 Å². The normalized spacial score (nSPS) is 14.0. The molecule has 1 fully saturated rings. The number of para-hydroxylation sites is 1. The Morgan fingerprint density at radius 2 is 1.81 bits per heavy atom. The second kappa shape index (κ2) is 11.4. The van der Waals surface area contributed by atoms with E-state index in [9.17, 15) is 9.59 Å². The molecule has 1 aliphatic heterocycles. The summed E-state index contributed by atoms with van der Waals surface area (Å²) in [6.07, 6.45) is 1.70. The molecule has 11 heteroatoms. The topological polar surface area (TPSA) is 106 Å². The minimum Gasteiger partial charge on any atom is -0.341 e. The van der Waals surface area contributed by atoms with Crippen molar-refractivity contribution in [2.24, 2.45) is 5.73 Å². The Labute approximate surface area is 244 Å². The van der Waals surface area contributed by atoms with E-state index in [-0.39, 0.29) is 24.0 Å². The van der Waals surface area contributed by atoms with Gasteiger partial charge in [0.05, 0.1) is 12.1 Å². The first-order chi connectivity index (χ1) is 20.3. The van der Waals surface area contributed by atoms with Gasteiger partial charge in [0.1, 0.15) is 17.3 Å². The van der Waals surface area contributed by atoms with Gasteiger partial charge in [-0.05, 0) is 67.1 Å². The number of rotatable bonds is 6. The van der Waals surface area contributed by atoms with Crippen molar-refractivity contribution in [1.82, 2.24) is 14.5 Å². The number of halogens is 2. The minimum atomic E-state index is -0.887. The van der Waals surface area contributed by atoms with E-state index >= 15 is 8.78 Å². The van der Waals surface area contributed by atoms with Crippen LogP contribution in [-0.4, -0.2) is 39.6 Å². The molecule has 1 amide bonds. The van der Waals surface area contributed by atoms with Gasteiger partial charge in [0.25, 0.3) is 5.56 Å². The number of benzene rings is 2. The highest BCUT2D eigenvalue weighted by Crippen LogP contribution is 2.34. The SMILES string of the molecule is Cc1ccc(NC(=O)Cc2cccs2)cc1-c1nc(N2CCC(N)CC2)nc2c1ccc(=O)n2-c1c(F)cccc1F. The van der Waals surface area contributed by atoms with Crippen molar-refractivity contribution in [1.29, 1.82) is 0 Å². The van der Waals surface area contributed by atoms with Crippen LogP contribution in [0.4, 0.5) is 20.4 Å². The van der Waals surface area contributed by atoms with E-state index in [1.54, 1.807) is 6.07 Å². The lowest BCUT2D eigenvalue weighted by atomic mass is 10.0. The molecule has 1 aliphatic rings. The molecule has 0 aliphatic carbocycles. The first-order valence-electron chi connectivity index (χ1n) is 13.6. The molecule has 0 spiro atoms. The number of nitrogens with zero attached hydrogens (tertiary/aromatic N) is 4. The third-order valence-electron chi connectivity index (χ3n) is 7.41. The van der Waals surface area contributed by atoms with E-state index in [0.29, 0.717) is 41.4 Å². The number of amides is 1. The van der Waals surface area contributed by atoms with E-state index in [4.69, 9.17) is 15.7 Å². The summed E-state index contributed by atoms with van der Waals surface area (Å²) in [5, 5.41) is 5.31. The predicted molar refractivity (Wildman–Crippen MR) is 161 cm³/mol. The van der Waals surface area contributed by atoms with Crippen molar-refractivity contribution in [3.05, 3.63) is 98.5 Å². The molecular weight excluding hydrogens is 558 g/mol. The maximum atomic E-state index is 15.0. The Kier molecular flexibility index (Phi) is 7.53. The number of hydrogen-bond donors (Lipinski definition) is 2. The fourth-order valence-electron chi connectivity index (χ4n) is 5.20. The van der Waals surface area contributed by atoms with Crippen molar-refractivity contribution < 1.29 is 13.6 Å². The van der Waals surface area contributed by atoms with Gasteiger partial charge < -0.3 is 16.0 Å². The molecule has 2 aromatic carbocycles. The zero-order valence-electron chi connectivity index (χ0n) is 22.8. The van der Waals surface area contributed by atoms with Gasteiger partial charge in [-0.25, -0.2) is 13.8 Å². The lowest BCUT2D eigenvalue weighted by Gasteiger charge is -2.30. The van der Waals surface area contributed by atoms with Crippen LogP contribution in [-0.2, 0) is 11.2 Å². The van der Waals surface area contributed by atoms with Crippen LogP contribution in [0, 0.1) is 18.6 Å². The third-order valence-corrected chi connectivity index (χ3v) is 8.29. The first kappa shape index (κ1) is 27.7. The average Bonchev–Trinajstić information content (AvgIpc) is 3.48. The van der Waals surface area contributed by atoms with Gasteiger partial charge in [0, 0.05) is 46.7 Å². The summed E-state index contributed by atoms with van der Waals surface area (Å²) < 4.78 is 31.0. The molecule has 5 aromatic rings. The van der Waals surface area contributed by atoms with E-state index < -0.39 is 22.9 Å². The van der Waals surface area contributed by atoms with Gasteiger partial charge >= 0.3 is 0 Å². The van der Waals surface area contributed by atoms with Crippen molar-refractivity contribution in [3.63, 3.8) is 0 Å². The summed E-state index contributed by atoms with van der Waals surface area (Å²) in [5.74, 6) is -1.61. The summed E-state index contributed by atoms with van der Waals surface area (Å²) in [6.45, 7) is 3.09. The second-order valence-corrected chi connectivity index (χ2v) is 11.4. The number of carbonyl (C=O) groups is 1. The monoisotopic (exact) mass is 586 g/mol. The van der Waals surface area contributed by atoms with Gasteiger partial charge in [0.15, 0.2) is 5.65 Å². The van der Waals surface area contributed by atoms with Crippen LogP contribution in [0.15, 0.2) is 70.8 Å². The fourth-order valence-corrected chi connectivity index (χ4v) is 5.90. The Morgan fingerprint density at radius 3 is 2.52 bits per heavy atom. The maximum Gasteiger partial charge on any atom is 0.256 e. The lowest BCUT2D eigenvalue weighted by Crippen LogP contribution is -2.40. The molecule has 1 saturated heterocycles. The van der Waals surface area contributed by atoms with E-state index in [0.717, 1.165) is 40.0 Å². The molecule has 0 unspecified atom stereocenters. The first-order valence-corrected chi connectivity index (χ1v) is 14.5. The van der Waals surface area contributed by atoms with E-state index in [2.05, 4.69) is 5.32 Å². The highest BCUT2D eigenvalue weighted by atomic mass is 32.1. The van der Waals surface area contributed by atoms with Crippen molar-refractivity contribution in [2.45, 2.75) is 32.2 Å². The summed E-state index contributed by atoms with van der Waals surface area (Å²) in [7, 11) is 0. The molecule has 42 heavy (non-hydrogen) atoms. The molecule has 4 heterocycles. The molecule has 3 aromatic heterocycles. The quantitative estimate of drug-likeness (QED) is 0.283. The van der Waals surface area contributed by atoms with Crippen LogP contribution >= 0.6 is 11.3 Å². The summed E-state index contributed by atoms with van der Waals surface area (Å²) >= 11 is 1.51. The molecule has 0 bridgehead atoms. The predicted octanol–water partition coefficient (Wildman–Crippen LogP) is 5.20. The number of pyridine rings is 1. The second-order valence-electron chi connectivity index (χ2n) is 10.3. The zero-order valence-corrected chi connectivity index (χ0v) is 23.6. The van der Waals surface area contributed by atoms with Gasteiger partial charge in [-0.2, -0.15) is 4.98 Å². The van der Waals surface area contributed by atoms with Gasteiger partial charge in [-0.1, -0.05) is 18.2 Å². The maximum absolute atomic E-state index is 15.0. The van der Waals surface area contributed by atoms with E-state index in [1.807, 2.05) is 47.5 Å². The lowest BCUT2D eigenvalue weighted by molar-refractivity contribution is -0.115. The Morgan fingerprint density at radius 1 is 1.05 bits per heavy atom. The van der Waals surface area contributed by atoms with Crippen LogP contribution in [0.2, 0.25) is 0 Å². The fraction of sp³-hybridized carbons (Fsp3) is 0.226. The van der Waals surface area contributed by atoms with Crippen LogP contribution in [0.3, 0.4) is 0 Å². The highest BCUT2D eigenvalue weighted by Gasteiger charge is 2.24. The number of carbonyl (C=O) groups excluding carboxylic acids is 1. The highest BCUT2D eigenvalue weighted by molar-refractivity contribution is 7.10. The smallest absolute Gasteiger partial charge is 0.256 e. The summed E-state index contributed by atoms with van der Waals surface area (Å²) in [4.78, 5) is 38.5. The Bertz CT molecular complexity index is 1830. The molecule has 0 radical (unpaired) electrons. The van der Waals surface area contributed by atoms with Crippen molar-refractivity contribution >= 4 is 39.9 Å². The van der Waals surface area contributed by atoms with Gasteiger partial charge in [0.2, 0.25) is 11.9 Å². The molecule has 0 atom stereocenters. The largest absolute Gasteiger partial charge is 0.341 e. The number of anilines is 2. The molecule has 6 rings (SSSR count). The number of nitrogens with two attached hydrogens (primary N) is 1. The number of fused-ring (bicyclic) bond motifs is 1. The average molecular weight is 587 g/mol. The number of nitrogens with one attached hydrogen (secondary N) is 1. The Balaban J connectivity index is 1.53. The standard InChI is InChI=1S/C31H28F2N6O2S/c1-18-7-8-20(35-26(40)17-21-4-3-15-42-21)16-23(18)28-22-9-10-27(41)39(29-24(32)5-2-6-25(29)33)30(22)37-31(36-28)38-13-11-19(34)12-14-38/h2-10,15-16,19H,11-14,17,34H2,1H3,(H,35,40). The van der Waals surface area contributed by atoms with Crippen molar-refractivity contribution in [2.75, 3.05) is 23.3 Å². The zero-order chi connectivity index (χ0) is 29.4. The Hall–Kier alpha value is -4.48. The van der Waals surface area contributed by atoms with Gasteiger partial charge in [-0.3, -0.25) is 14.2 Å². The summed E-state index contributed by atoms with van der Waals surface area (Å²) in [5.41, 5.74) is 7.66. The van der Waals surface area contributed by atoms with Crippen LogP contribution in [0.5, 0.6) is 0 Å². The summed E-state index contributed by atoms with van der Waals surface area (Å²) in [6, 6.07) is 15.6. The molecule has 8 nitrogen and oxygen atoms in total. The molecule has 214 valence electrons. The molecular formula is C31H28F2N6O2S. The number of hydrogen-bond acceptors (Lipinski definition) is 7. The van der Waals surface area contributed by atoms with Crippen LogP contribution in [0.25, 0.3) is 28.0 Å². The number of aromatic nitrogens is 3. The van der Waals surface area contributed by atoms with Crippen LogP contribution < -0.4 is 21.5 Å². The number of thiophene rings is 1. The molecule has 3 N–H and O–H groups in total. The van der Waals surface area contributed by atoms with Crippen molar-refractivity contribution in [3.8, 4) is 16.9 Å². The molecule has 0 saturated carbocycles. The number of piperidine rings is 1. The van der Waals surface area contributed by atoms with Crippen LogP contribution in [0.1, 0.15) is 23.3 Å². The minimum absolute atomic E-state index is 0.0589. The third kappa shape index (κ3) is 5.40. The van der Waals surface area contributed by atoms with Gasteiger partial charge in [-0.15, -0.1) is 11.3 Å². The number of aryl methyl sites for hydroxylation is 1.